The Morgan fingerprint density at radius 3 is 2.83 bits per heavy atom. The predicted octanol–water partition coefficient (Wildman–Crippen LogP) is 4.46. The lowest BCUT2D eigenvalue weighted by Gasteiger charge is -2.11. The van der Waals surface area contributed by atoms with E-state index in [4.69, 9.17) is 14.3 Å². The van der Waals surface area contributed by atoms with Crippen molar-refractivity contribution in [3.8, 4) is 5.75 Å². The summed E-state index contributed by atoms with van der Waals surface area (Å²) in [4.78, 5) is 8.76. The van der Waals surface area contributed by atoms with E-state index in [1.807, 2.05) is 41.1 Å². The van der Waals surface area contributed by atoms with Gasteiger partial charge in [-0.2, -0.15) is 0 Å². The molecule has 1 atom stereocenters. The fourth-order valence-corrected chi connectivity index (χ4v) is 3.72. The van der Waals surface area contributed by atoms with E-state index in [2.05, 4.69) is 47.2 Å². The first-order valence-electron chi connectivity index (χ1n) is 11.8. The van der Waals surface area contributed by atoms with Gasteiger partial charge < -0.3 is 23.9 Å². The Morgan fingerprint density at radius 1 is 1.14 bits per heavy atom. The van der Waals surface area contributed by atoms with Gasteiger partial charge in [-0.3, -0.25) is 0 Å². The minimum Gasteiger partial charge on any atom is -0.487 e. The van der Waals surface area contributed by atoms with E-state index in [-0.39, 0.29) is 6.61 Å². The van der Waals surface area contributed by atoms with Gasteiger partial charge in [0, 0.05) is 31.4 Å². The molecule has 7 nitrogen and oxygen atoms in total. The quantitative estimate of drug-likeness (QED) is 0.316. The first-order valence-corrected chi connectivity index (χ1v) is 11.8. The second-order valence-electron chi connectivity index (χ2n) is 8.54. The fourth-order valence-electron chi connectivity index (χ4n) is 3.72. The number of oxazole rings is 1. The number of aliphatic hydroxyl groups is 2. The van der Waals surface area contributed by atoms with Gasteiger partial charge in [0.15, 0.2) is 0 Å². The average molecular weight is 474 g/mol. The molecule has 0 fully saturated rings. The zero-order chi connectivity index (χ0) is 24.5. The highest BCUT2D eigenvalue weighted by atomic mass is 16.5. The number of hydrogen-bond acceptors (Lipinski definition) is 6. The number of benzene rings is 2. The molecule has 0 aliphatic heterocycles. The van der Waals surface area contributed by atoms with E-state index in [1.54, 1.807) is 12.5 Å². The van der Waals surface area contributed by atoms with Gasteiger partial charge in [0.1, 0.15) is 30.1 Å². The van der Waals surface area contributed by atoms with Gasteiger partial charge in [-0.15, -0.1) is 0 Å². The minimum absolute atomic E-state index is 0.264. The minimum atomic E-state index is -0.782. The maximum atomic E-state index is 9.67. The predicted molar refractivity (Wildman–Crippen MR) is 135 cm³/mol. The van der Waals surface area contributed by atoms with Crippen molar-refractivity contribution in [1.29, 1.82) is 0 Å². The molecule has 0 aliphatic carbocycles. The van der Waals surface area contributed by atoms with E-state index in [0.29, 0.717) is 18.9 Å². The van der Waals surface area contributed by atoms with Crippen LogP contribution in [-0.2, 0) is 26.0 Å². The molecule has 0 saturated carbocycles. The lowest BCUT2D eigenvalue weighted by molar-refractivity contribution is 0.0931. The van der Waals surface area contributed by atoms with Crippen LogP contribution in [0, 0.1) is 6.92 Å². The molecule has 0 saturated heterocycles. The number of ether oxygens (including phenoxy) is 1. The third-order valence-corrected chi connectivity index (χ3v) is 5.65. The summed E-state index contributed by atoms with van der Waals surface area (Å²) in [6.45, 7) is 2.92. The molecule has 7 heteroatoms. The summed E-state index contributed by atoms with van der Waals surface area (Å²) >= 11 is 0. The first-order chi connectivity index (χ1) is 17.1. The number of hydrogen-bond donors (Lipinski definition) is 2. The molecule has 35 heavy (non-hydrogen) atoms. The summed E-state index contributed by atoms with van der Waals surface area (Å²) in [6.07, 6.45) is 10.4. The van der Waals surface area contributed by atoms with Crippen molar-refractivity contribution >= 4 is 12.2 Å². The molecule has 0 radical (unpaired) electrons. The highest BCUT2D eigenvalue weighted by Crippen LogP contribution is 2.17. The smallest absolute Gasteiger partial charge is 0.218 e. The molecule has 2 heterocycles. The number of rotatable bonds is 12. The van der Waals surface area contributed by atoms with Gasteiger partial charge in [0.05, 0.1) is 12.7 Å². The highest BCUT2D eigenvalue weighted by Gasteiger charge is 2.09. The van der Waals surface area contributed by atoms with Crippen LogP contribution in [0.1, 0.15) is 40.5 Å². The Morgan fingerprint density at radius 2 is 2.00 bits per heavy atom. The zero-order valence-electron chi connectivity index (χ0n) is 19.9. The van der Waals surface area contributed by atoms with Crippen molar-refractivity contribution in [3.05, 3.63) is 101 Å². The van der Waals surface area contributed by atoms with E-state index < -0.39 is 6.10 Å². The number of imidazole rings is 1. The molecule has 0 aliphatic rings. The van der Waals surface area contributed by atoms with E-state index >= 15 is 0 Å². The van der Waals surface area contributed by atoms with Gasteiger partial charge in [-0.05, 0) is 49.1 Å². The van der Waals surface area contributed by atoms with Crippen LogP contribution in [0.2, 0.25) is 0 Å². The van der Waals surface area contributed by atoms with Crippen molar-refractivity contribution in [3.63, 3.8) is 0 Å². The molecule has 4 rings (SSSR count). The number of nitrogens with zero attached hydrogens (tertiary/aromatic N) is 3. The highest BCUT2D eigenvalue weighted by molar-refractivity contribution is 5.66. The number of aliphatic hydroxyl groups excluding tert-OH is 2. The molecule has 2 aromatic heterocycles. The second-order valence-corrected chi connectivity index (χ2v) is 8.54. The zero-order valence-corrected chi connectivity index (χ0v) is 19.9. The van der Waals surface area contributed by atoms with Crippen molar-refractivity contribution in [2.75, 3.05) is 6.61 Å². The standard InChI is InChI=1S/C28H31N3O4/c1-21-7-9-22(10-8-21)11-12-28-30-24(20-35-28)19-34-26-6-2-4-23(16-26)5-3-14-31-15-13-29-27(31)17-25(33)18-32/h2,4,6-13,15-16,20,25,32-33H,3,5,14,17-19H2,1H3/b12-11+. The molecule has 4 aromatic rings. The molecule has 2 N–H and O–H groups in total. The lowest BCUT2D eigenvalue weighted by Crippen LogP contribution is -2.18. The topological polar surface area (TPSA) is 93.5 Å². The van der Waals surface area contributed by atoms with Crippen LogP contribution in [0.5, 0.6) is 5.75 Å². The summed E-state index contributed by atoms with van der Waals surface area (Å²) in [5.41, 5.74) is 4.23. The van der Waals surface area contributed by atoms with Gasteiger partial charge >= 0.3 is 0 Å². The molecule has 0 bridgehead atoms. The molecular weight excluding hydrogens is 442 g/mol. The third kappa shape index (κ3) is 7.40. The van der Waals surface area contributed by atoms with Crippen LogP contribution in [-0.4, -0.2) is 37.5 Å². The van der Waals surface area contributed by atoms with Gasteiger partial charge in [0.2, 0.25) is 5.89 Å². The summed E-state index contributed by atoms with van der Waals surface area (Å²) in [6, 6.07) is 16.3. The van der Waals surface area contributed by atoms with Gasteiger partial charge in [0.25, 0.3) is 0 Å². The van der Waals surface area contributed by atoms with Crippen LogP contribution in [0.25, 0.3) is 12.2 Å². The van der Waals surface area contributed by atoms with Crippen LogP contribution in [0.4, 0.5) is 0 Å². The molecule has 0 spiro atoms. The monoisotopic (exact) mass is 473 g/mol. The lowest BCUT2D eigenvalue weighted by atomic mass is 10.1. The van der Waals surface area contributed by atoms with E-state index in [1.165, 1.54) is 11.1 Å². The average Bonchev–Trinajstić information content (AvgIpc) is 3.52. The second kappa shape index (κ2) is 12.1. The largest absolute Gasteiger partial charge is 0.487 e. The Balaban J connectivity index is 1.25. The normalized spacial score (nSPS) is 12.3. The summed E-state index contributed by atoms with van der Waals surface area (Å²) in [5, 5.41) is 18.7. The molecule has 182 valence electrons. The third-order valence-electron chi connectivity index (χ3n) is 5.65. The van der Waals surface area contributed by atoms with E-state index in [9.17, 15) is 5.11 Å². The molecule has 2 aromatic carbocycles. The van der Waals surface area contributed by atoms with Crippen molar-refractivity contribution in [1.82, 2.24) is 14.5 Å². The van der Waals surface area contributed by atoms with Crippen molar-refractivity contribution in [2.45, 2.75) is 45.4 Å². The van der Waals surface area contributed by atoms with Crippen LogP contribution >= 0.6 is 0 Å². The van der Waals surface area contributed by atoms with Crippen molar-refractivity contribution in [2.24, 2.45) is 0 Å². The molecule has 1 unspecified atom stereocenters. The van der Waals surface area contributed by atoms with Crippen LogP contribution < -0.4 is 4.74 Å². The fraction of sp³-hybridized carbons (Fsp3) is 0.286. The Labute approximate surface area is 205 Å². The molecular formula is C28H31N3O4. The van der Waals surface area contributed by atoms with Gasteiger partial charge in [-0.1, -0.05) is 42.0 Å². The van der Waals surface area contributed by atoms with Crippen molar-refractivity contribution < 1.29 is 19.4 Å². The Kier molecular flexibility index (Phi) is 8.48. The summed E-state index contributed by atoms with van der Waals surface area (Å²) < 4.78 is 13.5. The number of aromatic nitrogens is 3. The Bertz CT molecular complexity index is 1230. The molecule has 0 amide bonds. The maximum Gasteiger partial charge on any atom is 0.218 e. The van der Waals surface area contributed by atoms with Crippen LogP contribution in [0.3, 0.4) is 0 Å². The van der Waals surface area contributed by atoms with E-state index in [0.717, 1.165) is 42.2 Å². The Hall–Kier alpha value is -3.68. The summed E-state index contributed by atoms with van der Waals surface area (Å²) in [7, 11) is 0. The number of aryl methyl sites for hydroxylation is 3. The SMILES string of the molecule is Cc1ccc(/C=C/c2nc(COc3cccc(CCCn4ccnc4CC(O)CO)c3)co2)cc1. The first kappa shape index (κ1) is 24.4. The van der Waals surface area contributed by atoms with Crippen LogP contribution in [0.15, 0.2) is 71.6 Å². The summed E-state index contributed by atoms with van der Waals surface area (Å²) in [5.74, 6) is 2.12. The van der Waals surface area contributed by atoms with Gasteiger partial charge in [-0.25, -0.2) is 9.97 Å². The maximum absolute atomic E-state index is 9.67.